The fourth-order valence-electron chi connectivity index (χ4n) is 2.18. The number of rotatable bonds is 5. The molecule has 23 heavy (non-hydrogen) atoms. The van der Waals surface area contributed by atoms with Gasteiger partial charge in [0.15, 0.2) is 0 Å². The monoisotopic (exact) mass is 313 g/mol. The summed E-state index contributed by atoms with van der Waals surface area (Å²) >= 11 is 0. The molecule has 2 aromatic carbocycles. The summed E-state index contributed by atoms with van der Waals surface area (Å²) < 4.78 is 18.1. The van der Waals surface area contributed by atoms with Gasteiger partial charge in [-0.3, -0.25) is 4.79 Å². The van der Waals surface area contributed by atoms with Crippen molar-refractivity contribution in [3.05, 3.63) is 71.6 Å². The van der Waals surface area contributed by atoms with Crippen LogP contribution in [0.2, 0.25) is 0 Å². The van der Waals surface area contributed by atoms with Crippen LogP contribution < -0.4 is 10.1 Å². The van der Waals surface area contributed by atoms with Crippen LogP contribution in [0, 0.1) is 5.82 Å². The van der Waals surface area contributed by atoms with E-state index in [9.17, 15) is 9.18 Å². The highest BCUT2D eigenvalue weighted by molar-refractivity contribution is 5.92. The van der Waals surface area contributed by atoms with Gasteiger partial charge in [-0.1, -0.05) is 24.3 Å². The molecule has 0 fully saturated rings. The van der Waals surface area contributed by atoms with Crippen LogP contribution in [0.25, 0.3) is 6.08 Å². The first kappa shape index (κ1) is 16.7. The van der Waals surface area contributed by atoms with Crippen molar-refractivity contribution in [1.29, 1.82) is 0 Å². The van der Waals surface area contributed by atoms with Crippen molar-refractivity contribution in [3.63, 3.8) is 0 Å². The minimum absolute atomic E-state index is 0.213. The van der Waals surface area contributed by atoms with E-state index in [0.29, 0.717) is 0 Å². The predicted octanol–water partition coefficient (Wildman–Crippen LogP) is 3.90. The summed E-state index contributed by atoms with van der Waals surface area (Å²) in [5, 5.41) is 2.91. The number of carbonyl (C=O) groups excluding carboxylic acids is 1. The van der Waals surface area contributed by atoms with Gasteiger partial charge >= 0.3 is 0 Å². The molecule has 1 amide bonds. The largest absolute Gasteiger partial charge is 0.497 e. The number of ether oxygens (including phenoxy) is 1. The second kappa shape index (κ2) is 7.09. The highest BCUT2D eigenvalue weighted by Gasteiger charge is 2.21. The summed E-state index contributed by atoms with van der Waals surface area (Å²) in [6.45, 7) is 3.75. The van der Waals surface area contributed by atoms with Crippen molar-refractivity contribution in [2.75, 3.05) is 7.11 Å². The highest BCUT2D eigenvalue weighted by Crippen LogP contribution is 2.20. The number of benzene rings is 2. The van der Waals surface area contributed by atoms with E-state index in [2.05, 4.69) is 5.32 Å². The number of amides is 1. The van der Waals surface area contributed by atoms with Gasteiger partial charge in [-0.15, -0.1) is 0 Å². The molecule has 4 heteroatoms. The van der Waals surface area contributed by atoms with Gasteiger partial charge in [0, 0.05) is 6.08 Å². The Morgan fingerprint density at radius 2 is 1.70 bits per heavy atom. The molecule has 0 unspecified atom stereocenters. The zero-order valence-electron chi connectivity index (χ0n) is 13.5. The van der Waals surface area contributed by atoms with E-state index in [1.54, 1.807) is 25.3 Å². The average Bonchev–Trinajstić information content (AvgIpc) is 2.53. The molecule has 2 rings (SSSR count). The van der Waals surface area contributed by atoms with Gasteiger partial charge in [-0.05, 0) is 55.3 Å². The Kier molecular flexibility index (Phi) is 5.16. The molecule has 1 N–H and O–H groups in total. The van der Waals surface area contributed by atoms with Gasteiger partial charge < -0.3 is 10.1 Å². The summed E-state index contributed by atoms with van der Waals surface area (Å²) in [4.78, 5) is 12.1. The number of halogens is 1. The average molecular weight is 313 g/mol. The number of hydrogen-bond acceptors (Lipinski definition) is 2. The maximum atomic E-state index is 13.0. The minimum atomic E-state index is -0.588. The van der Waals surface area contributed by atoms with Gasteiger partial charge in [0.1, 0.15) is 11.6 Å². The van der Waals surface area contributed by atoms with Crippen LogP contribution in [-0.2, 0) is 10.3 Å². The normalized spacial score (nSPS) is 11.5. The lowest BCUT2D eigenvalue weighted by Gasteiger charge is -2.26. The van der Waals surface area contributed by atoms with Gasteiger partial charge in [-0.25, -0.2) is 4.39 Å². The van der Waals surface area contributed by atoms with Crippen molar-refractivity contribution >= 4 is 12.0 Å². The second-order valence-corrected chi connectivity index (χ2v) is 5.73. The van der Waals surface area contributed by atoms with Crippen LogP contribution in [0.1, 0.15) is 25.0 Å². The van der Waals surface area contributed by atoms with Gasteiger partial charge in [0.2, 0.25) is 5.91 Å². The topological polar surface area (TPSA) is 38.3 Å². The van der Waals surface area contributed by atoms with E-state index in [0.717, 1.165) is 16.9 Å². The van der Waals surface area contributed by atoms with Crippen LogP contribution >= 0.6 is 0 Å². The maximum absolute atomic E-state index is 13.0. The van der Waals surface area contributed by atoms with Crippen molar-refractivity contribution < 1.29 is 13.9 Å². The van der Waals surface area contributed by atoms with Gasteiger partial charge in [0.05, 0.1) is 12.6 Å². The zero-order valence-corrected chi connectivity index (χ0v) is 13.5. The van der Waals surface area contributed by atoms with Crippen LogP contribution in [0.3, 0.4) is 0 Å². The first-order valence-electron chi connectivity index (χ1n) is 7.31. The molecule has 0 atom stereocenters. The Hall–Kier alpha value is -2.62. The number of methoxy groups -OCH3 is 1. The first-order valence-corrected chi connectivity index (χ1v) is 7.31. The Morgan fingerprint density at radius 3 is 2.26 bits per heavy atom. The van der Waals surface area contributed by atoms with E-state index in [1.165, 1.54) is 18.2 Å². The van der Waals surface area contributed by atoms with Crippen LogP contribution in [0.15, 0.2) is 54.6 Å². The molecule has 0 saturated heterocycles. The molecule has 0 aliphatic carbocycles. The number of carbonyl (C=O) groups is 1. The fourth-order valence-corrected chi connectivity index (χ4v) is 2.18. The molecular formula is C19H20FNO2. The van der Waals surface area contributed by atoms with Crippen molar-refractivity contribution in [2.24, 2.45) is 0 Å². The number of hydrogen-bond donors (Lipinski definition) is 1. The van der Waals surface area contributed by atoms with Crippen molar-refractivity contribution in [1.82, 2.24) is 5.32 Å². The van der Waals surface area contributed by atoms with E-state index in [-0.39, 0.29) is 11.7 Å². The zero-order chi connectivity index (χ0) is 16.9. The van der Waals surface area contributed by atoms with E-state index in [4.69, 9.17) is 4.74 Å². The molecule has 0 bridgehead atoms. The van der Waals surface area contributed by atoms with Crippen molar-refractivity contribution in [2.45, 2.75) is 19.4 Å². The quantitative estimate of drug-likeness (QED) is 0.850. The standard InChI is InChI=1S/C19H20FNO2/c1-19(2,15-7-9-16(20)10-8-15)21-18(22)13-6-14-4-11-17(23-3)12-5-14/h4-13H,1-3H3,(H,21,22)/b13-6+. The lowest BCUT2D eigenvalue weighted by molar-refractivity contribution is -0.118. The summed E-state index contributed by atoms with van der Waals surface area (Å²) in [6, 6.07) is 13.5. The number of nitrogens with one attached hydrogen (secondary N) is 1. The maximum Gasteiger partial charge on any atom is 0.244 e. The predicted molar refractivity (Wildman–Crippen MR) is 89.6 cm³/mol. The van der Waals surface area contributed by atoms with E-state index >= 15 is 0 Å². The lowest BCUT2D eigenvalue weighted by atomic mass is 9.94. The molecule has 0 spiro atoms. The van der Waals surface area contributed by atoms with Crippen LogP contribution in [0.4, 0.5) is 4.39 Å². The van der Waals surface area contributed by atoms with Gasteiger partial charge in [0.25, 0.3) is 0 Å². The fraction of sp³-hybridized carbons (Fsp3) is 0.211. The van der Waals surface area contributed by atoms with E-state index in [1.807, 2.05) is 38.1 Å². The molecule has 0 aromatic heterocycles. The Labute approximate surface area is 135 Å². The third-order valence-corrected chi connectivity index (χ3v) is 3.54. The molecule has 0 heterocycles. The van der Waals surface area contributed by atoms with E-state index < -0.39 is 5.54 Å². The molecule has 0 aliphatic rings. The molecular weight excluding hydrogens is 293 g/mol. The van der Waals surface area contributed by atoms with Crippen LogP contribution in [0.5, 0.6) is 5.75 Å². The van der Waals surface area contributed by atoms with Gasteiger partial charge in [-0.2, -0.15) is 0 Å². The highest BCUT2D eigenvalue weighted by atomic mass is 19.1. The van der Waals surface area contributed by atoms with Crippen LogP contribution in [-0.4, -0.2) is 13.0 Å². The summed E-state index contributed by atoms with van der Waals surface area (Å²) in [6.07, 6.45) is 3.21. The summed E-state index contributed by atoms with van der Waals surface area (Å²) in [5.41, 5.74) is 1.15. The molecule has 0 radical (unpaired) electrons. The smallest absolute Gasteiger partial charge is 0.244 e. The van der Waals surface area contributed by atoms with Crippen molar-refractivity contribution in [3.8, 4) is 5.75 Å². The second-order valence-electron chi connectivity index (χ2n) is 5.73. The lowest BCUT2D eigenvalue weighted by Crippen LogP contribution is -2.40. The Bertz CT molecular complexity index is 688. The third-order valence-electron chi connectivity index (χ3n) is 3.54. The molecule has 120 valence electrons. The molecule has 2 aromatic rings. The molecule has 0 saturated carbocycles. The SMILES string of the molecule is COc1ccc(/C=C/C(=O)NC(C)(C)c2ccc(F)cc2)cc1. The summed E-state index contributed by atoms with van der Waals surface area (Å²) in [7, 11) is 1.61. The Morgan fingerprint density at radius 1 is 1.09 bits per heavy atom. The Balaban J connectivity index is 2.02. The summed E-state index contributed by atoms with van der Waals surface area (Å²) in [5.74, 6) is 0.259. The minimum Gasteiger partial charge on any atom is -0.497 e. The molecule has 3 nitrogen and oxygen atoms in total. The third kappa shape index (κ3) is 4.68. The molecule has 0 aliphatic heterocycles. The first-order chi connectivity index (χ1) is 10.9.